The van der Waals surface area contributed by atoms with E-state index in [9.17, 15) is 18.7 Å². The minimum Gasteiger partial charge on any atom is -0.508 e. The molecular weight excluding hydrogens is 352 g/mol. The standard InChI is InChI=1S/C21H17F2NO3/c22-21(23)19-11-14(3-6-18(19)15-2-1-9-24-12-15)17-7-5-16(25)10-13(17)4-8-20(26)27/h1-3,5-7,9-12,21,25H,4,8H2,(H,26,27). The molecular formula is C21H17F2NO3. The SMILES string of the molecule is O=C(O)CCc1cc(O)ccc1-c1ccc(-c2cccnc2)c(C(F)F)c1. The minimum atomic E-state index is -2.68. The lowest BCUT2D eigenvalue weighted by atomic mass is 9.92. The quantitative estimate of drug-likeness (QED) is 0.636. The van der Waals surface area contributed by atoms with Crippen molar-refractivity contribution in [2.75, 3.05) is 0 Å². The number of hydrogen-bond acceptors (Lipinski definition) is 3. The van der Waals surface area contributed by atoms with Crippen LogP contribution in [0, 0.1) is 0 Å². The molecule has 1 aromatic heterocycles. The Morgan fingerprint density at radius 1 is 1.04 bits per heavy atom. The Morgan fingerprint density at radius 3 is 2.48 bits per heavy atom. The van der Waals surface area contributed by atoms with Crippen LogP contribution >= 0.6 is 0 Å². The average molecular weight is 369 g/mol. The van der Waals surface area contributed by atoms with Gasteiger partial charge in [-0.3, -0.25) is 9.78 Å². The molecule has 0 fully saturated rings. The van der Waals surface area contributed by atoms with E-state index in [0.717, 1.165) is 0 Å². The summed E-state index contributed by atoms with van der Waals surface area (Å²) in [6.07, 6.45) is 0.490. The van der Waals surface area contributed by atoms with Gasteiger partial charge in [0.05, 0.1) is 0 Å². The van der Waals surface area contributed by atoms with Gasteiger partial charge in [0.25, 0.3) is 6.43 Å². The number of aryl methyl sites for hydroxylation is 1. The zero-order valence-corrected chi connectivity index (χ0v) is 14.3. The van der Waals surface area contributed by atoms with Crippen molar-refractivity contribution >= 4 is 5.97 Å². The largest absolute Gasteiger partial charge is 0.508 e. The van der Waals surface area contributed by atoms with Gasteiger partial charge in [-0.05, 0) is 52.9 Å². The molecule has 2 N–H and O–H groups in total. The maximum absolute atomic E-state index is 13.7. The summed E-state index contributed by atoms with van der Waals surface area (Å²) in [5.41, 5.74) is 2.61. The lowest BCUT2D eigenvalue weighted by Crippen LogP contribution is -1.99. The molecule has 1 heterocycles. The van der Waals surface area contributed by atoms with Gasteiger partial charge < -0.3 is 10.2 Å². The molecule has 0 saturated heterocycles. The third kappa shape index (κ3) is 4.28. The molecule has 3 aromatic rings. The van der Waals surface area contributed by atoms with E-state index in [1.165, 1.54) is 24.4 Å². The molecule has 0 aliphatic carbocycles. The third-order valence-electron chi connectivity index (χ3n) is 4.27. The normalized spacial score (nSPS) is 10.9. The number of carbonyl (C=O) groups is 1. The van der Waals surface area contributed by atoms with Crippen molar-refractivity contribution < 1.29 is 23.8 Å². The van der Waals surface area contributed by atoms with E-state index in [1.807, 2.05) is 0 Å². The number of nitrogens with zero attached hydrogens (tertiary/aromatic N) is 1. The van der Waals surface area contributed by atoms with Gasteiger partial charge in [-0.15, -0.1) is 0 Å². The Bertz CT molecular complexity index is 959. The van der Waals surface area contributed by atoms with E-state index in [4.69, 9.17) is 5.11 Å². The molecule has 0 aliphatic rings. The second-order valence-corrected chi connectivity index (χ2v) is 6.08. The van der Waals surface area contributed by atoms with Crippen molar-refractivity contribution in [2.45, 2.75) is 19.3 Å². The van der Waals surface area contributed by atoms with E-state index in [2.05, 4.69) is 4.98 Å². The minimum absolute atomic E-state index is 0.000187. The number of aromatic nitrogens is 1. The lowest BCUT2D eigenvalue weighted by Gasteiger charge is -2.14. The number of phenolic OH excluding ortho intramolecular Hbond substituents is 1. The molecule has 4 nitrogen and oxygen atoms in total. The first-order valence-corrected chi connectivity index (χ1v) is 8.32. The second kappa shape index (κ2) is 7.95. The highest BCUT2D eigenvalue weighted by atomic mass is 19.3. The van der Waals surface area contributed by atoms with Crippen LogP contribution in [0.25, 0.3) is 22.3 Å². The Kier molecular flexibility index (Phi) is 5.45. The van der Waals surface area contributed by atoms with Crippen LogP contribution in [0.2, 0.25) is 0 Å². The van der Waals surface area contributed by atoms with E-state index in [-0.39, 0.29) is 24.2 Å². The van der Waals surface area contributed by atoms with Crippen LogP contribution < -0.4 is 0 Å². The van der Waals surface area contributed by atoms with Gasteiger partial charge in [0.15, 0.2) is 0 Å². The number of benzene rings is 2. The van der Waals surface area contributed by atoms with Crippen molar-refractivity contribution in [1.82, 2.24) is 4.98 Å². The fraction of sp³-hybridized carbons (Fsp3) is 0.143. The predicted octanol–water partition coefficient (Wildman–Crippen LogP) is 5.08. The fourth-order valence-corrected chi connectivity index (χ4v) is 3.01. The third-order valence-corrected chi connectivity index (χ3v) is 4.27. The molecule has 27 heavy (non-hydrogen) atoms. The lowest BCUT2D eigenvalue weighted by molar-refractivity contribution is -0.136. The summed E-state index contributed by atoms with van der Waals surface area (Å²) < 4.78 is 27.4. The first-order chi connectivity index (χ1) is 13.0. The summed E-state index contributed by atoms with van der Waals surface area (Å²) in [6.45, 7) is 0. The van der Waals surface area contributed by atoms with Gasteiger partial charge in [0, 0.05) is 29.9 Å². The Balaban J connectivity index is 2.08. The van der Waals surface area contributed by atoms with Crippen molar-refractivity contribution in [2.24, 2.45) is 0 Å². The fourth-order valence-electron chi connectivity index (χ4n) is 3.01. The number of carboxylic acid groups (broad SMARTS) is 1. The summed E-state index contributed by atoms with van der Waals surface area (Å²) in [5.74, 6) is -0.968. The summed E-state index contributed by atoms with van der Waals surface area (Å²) in [4.78, 5) is 14.9. The molecule has 0 radical (unpaired) electrons. The zero-order valence-electron chi connectivity index (χ0n) is 14.3. The van der Waals surface area contributed by atoms with Crippen LogP contribution in [0.5, 0.6) is 5.75 Å². The highest BCUT2D eigenvalue weighted by molar-refractivity contribution is 5.76. The van der Waals surface area contributed by atoms with Crippen LogP contribution in [0.15, 0.2) is 60.9 Å². The van der Waals surface area contributed by atoms with Gasteiger partial charge in [0.1, 0.15) is 5.75 Å². The van der Waals surface area contributed by atoms with Gasteiger partial charge in [-0.2, -0.15) is 0 Å². The number of alkyl halides is 2. The molecule has 0 aliphatic heterocycles. The number of aliphatic carboxylic acids is 1. The van der Waals surface area contributed by atoms with Gasteiger partial charge in [-0.25, -0.2) is 8.78 Å². The number of hydrogen-bond donors (Lipinski definition) is 2. The van der Waals surface area contributed by atoms with E-state index in [1.54, 1.807) is 36.5 Å². The first kappa shape index (κ1) is 18.5. The molecule has 0 saturated carbocycles. The highest BCUT2D eigenvalue weighted by Crippen LogP contribution is 2.36. The van der Waals surface area contributed by atoms with Crippen LogP contribution in [0.1, 0.15) is 24.0 Å². The number of carboxylic acids is 1. The van der Waals surface area contributed by atoms with Gasteiger partial charge in [-0.1, -0.05) is 24.3 Å². The monoisotopic (exact) mass is 369 g/mol. The van der Waals surface area contributed by atoms with Crippen LogP contribution in [0.4, 0.5) is 8.78 Å². The van der Waals surface area contributed by atoms with Gasteiger partial charge in [0.2, 0.25) is 0 Å². The van der Waals surface area contributed by atoms with Crippen molar-refractivity contribution in [3.8, 4) is 28.0 Å². The molecule has 0 unspecified atom stereocenters. The summed E-state index contributed by atoms with van der Waals surface area (Å²) >= 11 is 0. The number of phenols is 1. The highest BCUT2D eigenvalue weighted by Gasteiger charge is 2.17. The molecule has 6 heteroatoms. The predicted molar refractivity (Wildman–Crippen MR) is 97.7 cm³/mol. The first-order valence-electron chi connectivity index (χ1n) is 8.32. The Hall–Kier alpha value is -3.28. The molecule has 0 spiro atoms. The maximum Gasteiger partial charge on any atom is 0.303 e. The Labute approximate surface area is 154 Å². The number of aromatic hydroxyl groups is 1. The Morgan fingerprint density at radius 2 is 1.81 bits per heavy atom. The van der Waals surface area contributed by atoms with Crippen molar-refractivity contribution in [3.63, 3.8) is 0 Å². The van der Waals surface area contributed by atoms with E-state index in [0.29, 0.717) is 27.8 Å². The van der Waals surface area contributed by atoms with Crippen LogP contribution in [-0.4, -0.2) is 21.2 Å². The summed E-state index contributed by atoms with van der Waals surface area (Å²) in [7, 11) is 0. The summed E-state index contributed by atoms with van der Waals surface area (Å²) in [5, 5.41) is 18.6. The van der Waals surface area contributed by atoms with Crippen molar-refractivity contribution in [3.05, 3.63) is 72.1 Å². The second-order valence-electron chi connectivity index (χ2n) is 6.08. The number of halogens is 2. The number of rotatable bonds is 6. The average Bonchev–Trinajstić information content (AvgIpc) is 2.66. The van der Waals surface area contributed by atoms with Crippen LogP contribution in [-0.2, 0) is 11.2 Å². The maximum atomic E-state index is 13.7. The van der Waals surface area contributed by atoms with Crippen LogP contribution in [0.3, 0.4) is 0 Å². The summed E-state index contributed by atoms with van der Waals surface area (Å²) in [6, 6.07) is 12.7. The molecule has 0 atom stereocenters. The zero-order chi connectivity index (χ0) is 19.4. The van der Waals surface area contributed by atoms with Crippen molar-refractivity contribution in [1.29, 1.82) is 0 Å². The molecule has 0 bridgehead atoms. The van der Waals surface area contributed by atoms with E-state index < -0.39 is 12.4 Å². The molecule has 138 valence electrons. The topological polar surface area (TPSA) is 70.4 Å². The molecule has 0 amide bonds. The molecule has 2 aromatic carbocycles. The molecule has 3 rings (SSSR count). The van der Waals surface area contributed by atoms with Gasteiger partial charge >= 0.3 is 5.97 Å². The van der Waals surface area contributed by atoms with E-state index >= 15 is 0 Å². The smallest absolute Gasteiger partial charge is 0.303 e. The number of pyridine rings is 1.